The number of hydrogen-bond acceptors (Lipinski definition) is 0. The van der Waals surface area contributed by atoms with E-state index in [0.717, 1.165) is 11.9 Å². The van der Waals surface area contributed by atoms with Crippen LogP contribution in [-0.4, -0.2) is 7.28 Å². The maximum absolute atomic E-state index is 12.4. The molecule has 1 aromatic rings. The average Bonchev–Trinajstić information content (AvgIpc) is 1.78. The summed E-state index contributed by atoms with van der Waals surface area (Å²) in [4.78, 5) is 0. The van der Waals surface area contributed by atoms with Gasteiger partial charge in [-0.3, -0.25) is 0 Å². The minimum atomic E-state index is -0.123. The van der Waals surface area contributed by atoms with E-state index < -0.39 is 0 Å². The third kappa shape index (κ3) is 0.662. The molecule has 0 aliphatic carbocycles. The molecule has 0 fully saturated rings. The van der Waals surface area contributed by atoms with Crippen LogP contribution in [0.15, 0.2) is 18.2 Å². The Kier molecular flexibility index (Phi) is 0.893. The lowest BCUT2D eigenvalue weighted by Crippen LogP contribution is -2.32. The fourth-order valence-electron chi connectivity index (χ4n) is 1.04. The van der Waals surface area contributed by atoms with Crippen molar-refractivity contribution >= 4 is 12.7 Å². The van der Waals surface area contributed by atoms with Crippen LogP contribution in [-0.2, 0) is 6.32 Å². The molecule has 0 saturated carbocycles. The minimum absolute atomic E-state index is 0.123. The Morgan fingerprint density at radius 2 is 2.33 bits per heavy atom. The summed E-state index contributed by atoms with van der Waals surface area (Å²) in [6.07, 6.45) is 0.938. The van der Waals surface area contributed by atoms with Gasteiger partial charge in [-0.05, 0) is 12.1 Å². The Morgan fingerprint density at radius 1 is 1.44 bits per heavy atom. The van der Waals surface area contributed by atoms with Crippen LogP contribution < -0.4 is 5.46 Å². The van der Waals surface area contributed by atoms with Gasteiger partial charge in [0, 0.05) is 0 Å². The van der Waals surface area contributed by atoms with Crippen LogP contribution in [0, 0.1) is 5.82 Å². The summed E-state index contributed by atoms with van der Waals surface area (Å²) in [5.41, 5.74) is 2.33. The second-order valence-corrected chi connectivity index (χ2v) is 2.25. The van der Waals surface area contributed by atoms with Gasteiger partial charge in [0.15, 0.2) is 7.28 Å². The van der Waals surface area contributed by atoms with Gasteiger partial charge in [-0.2, -0.15) is 0 Å². The maximum atomic E-state index is 12.4. The zero-order valence-corrected chi connectivity index (χ0v) is 4.89. The molecule has 1 aliphatic heterocycles. The van der Waals surface area contributed by atoms with Crippen molar-refractivity contribution in [2.24, 2.45) is 0 Å². The lowest BCUT2D eigenvalue weighted by atomic mass is 9.53. The predicted octanol–water partition coefficient (Wildman–Crippen LogP) is 0.669. The van der Waals surface area contributed by atoms with Gasteiger partial charge in [-0.15, -0.1) is 0 Å². The number of halogens is 1. The highest BCUT2D eigenvalue weighted by Gasteiger charge is 2.13. The van der Waals surface area contributed by atoms with E-state index in [0.29, 0.717) is 0 Å². The van der Waals surface area contributed by atoms with Gasteiger partial charge in [-0.25, -0.2) is 4.39 Å². The molecule has 0 amide bonds. The fraction of sp³-hybridized carbons (Fsp3) is 0.143. The predicted molar refractivity (Wildman–Crippen MR) is 35.5 cm³/mol. The molecule has 0 atom stereocenters. The van der Waals surface area contributed by atoms with E-state index in [-0.39, 0.29) is 5.82 Å². The molecule has 0 saturated heterocycles. The normalized spacial score (nSPS) is 13.4. The van der Waals surface area contributed by atoms with Crippen molar-refractivity contribution in [1.29, 1.82) is 0 Å². The van der Waals surface area contributed by atoms with Gasteiger partial charge in [0.25, 0.3) is 0 Å². The van der Waals surface area contributed by atoms with Gasteiger partial charge in [0.1, 0.15) is 5.82 Å². The van der Waals surface area contributed by atoms with Crippen molar-refractivity contribution in [1.82, 2.24) is 0 Å². The first-order valence-corrected chi connectivity index (χ1v) is 2.98. The third-order valence-electron chi connectivity index (χ3n) is 1.65. The van der Waals surface area contributed by atoms with Gasteiger partial charge < -0.3 is 0 Å². The molecule has 0 aromatic heterocycles. The van der Waals surface area contributed by atoms with Gasteiger partial charge in [0.2, 0.25) is 0 Å². The standard InChI is InChI=1S/C7H5BF/c9-6-1-2-7-5(3-6)4-8-7/h1-3H,4H2. The summed E-state index contributed by atoms with van der Waals surface area (Å²) in [7, 11) is 2.09. The van der Waals surface area contributed by atoms with E-state index in [4.69, 9.17) is 0 Å². The Labute approximate surface area is 53.9 Å². The number of fused-ring (bicyclic) bond motifs is 1. The quantitative estimate of drug-likeness (QED) is 0.440. The van der Waals surface area contributed by atoms with Crippen LogP contribution in [0.3, 0.4) is 0 Å². The van der Waals surface area contributed by atoms with Crippen molar-refractivity contribution < 1.29 is 4.39 Å². The Balaban J connectivity index is 2.57. The monoisotopic (exact) mass is 119 g/mol. The first-order valence-electron chi connectivity index (χ1n) is 2.98. The first-order chi connectivity index (χ1) is 4.36. The first kappa shape index (κ1) is 5.04. The van der Waals surface area contributed by atoms with Crippen molar-refractivity contribution in [3.8, 4) is 0 Å². The maximum Gasteiger partial charge on any atom is 0.156 e. The molecule has 1 aromatic carbocycles. The molecule has 0 nitrogen and oxygen atoms in total. The summed E-state index contributed by atoms with van der Waals surface area (Å²) in [6, 6.07) is 4.90. The highest BCUT2D eigenvalue weighted by Crippen LogP contribution is 2.07. The zero-order valence-electron chi connectivity index (χ0n) is 4.89. The van der Waals surface area contributed by atoms with E-state index in [1.54, 1.807) is 6.07 Å². The van der Waals surface area contributed by atoms with E-state index in [1.165, 1.54) is 11.5 Å². The van der Waals surface area contributed by atoms with Crippen LogP contribution in [0.2, 0.25) is 0 Å². The van der Waals surface area contributed by atoms with Gasteiger partial charge in [-0.1, -0.05) is 23.4 Å². The largest absolute Gasteiger partial charge is 0.207 e. The van der Waals surface area contributed by atoms with Crippen molar-refractivity contribution in [2.45, 2.75) is 6.32 Å². The Hall–Kier alpha value is -0.785. The molecule has 2 rings (SSSR count). The molecule has 1 radical (unpaired) electrons. The number of rotatable bonds is 0. The fourth-order valence-corrected chi connectivity index (χ4v) is 1.04. The summed E-state index contributed by atoms with van der Waals surface area (Å²) in [5.74, 6) is -0.123. The van der Waals surface area contributed by atoms with Gasteiger partial charge in [0.05, 0.1) is 0 Å². The molecule has 1 aliphatic rings. The molecule has 1 heterocycles. The van der Waals surface area contributed by atoms with Crippen LogP contribution >= 0.6 is 0 Å². The number of hydrogen-bond donors (Lipinski definition) is 0. The van der Waals surface area contributed by atoms with Crippen molar-refractivity contribution in [3.05, 3.63) is 29.6 Å². The second kappa shape index (κ2) is 1.60. The molecular weight excluding hydrogens is 114 g/mol. The highest BCUT2D eigenvalue weighted by atomic mass is 19.1. The topological polar surface area (TPSA) is 0 Å². The zero-order chi connectivity index (χ0) is 6.27. The molecule has 43 valence electrons. The third-order valence-corrected chi connectivity index (χ3v) is 1.65. The summed E-state index contributed by atoms with van der Waals surface area (Å²) in [6.45, 7) is 0. The highest BCUT2D eigenvalue weighted by molar-refractivity contribution is 6.58. The molecular formula is C7H5BF. The van der Waals surface area contributed by atoms with Crippen molar-refractivity contribution in [2.75, 3.05) is 0 Å². The van der Waals surface area contributed by atoms with Crippen LogP contribution in [0.25, 0.3) is 0 Å². The van der Waals surface area contributed by atoms with E-state index in [9.17, 15) is 4.39 Å². The Bertz CT molecular complexity index is 245. The average molecular weight is 119 g/mol. The van der Waals surface area contributed by atoms with Crippen molar-refractivity contribution in [3.63, 3.8) is 0 Å². The summed E-state index contributed by atoms with van der Waals surface area (Å²) < 4.78 is 12.4. The van der Waals surface area contributed by atoms with E-state index in [2.05, 4.69) is 7.28 Å². The lowest BCUT2D eigenvalue weighted by molar-refractivity contribution is 0.626. The lowest BCUT2D eigenvalue weighted by Gasteiger charge is -2.16. The minimum Gasteiger partial charge on any atom is -0.207 e. The van der Waals surface area contributed by atoms with Gasteiger partial charge >= 0.3 is 0 Å². The van der Waals surface area contributed by atoms with Crippen LogP contribution in [0.4, 0.5) is 4.39 Å². The molecule has 0 bridgehead atoms. The molecule has 9 heavy (non-hydrogen) atoms. The smallest absolute Gasteiger partial charge is 0.156 e. The SMILES string of the molecule is Fc1ccc2c(c1)C[B]2. The van der Waals surface area contributed by atoms with E-state index >= 15 is 0 Å². The molecule has 0 unspecified atom stereocenters. The summed E-state index contributed by atoms with van der Waals surface area (Å²) >= 11 is 0. The second-order valence-electron chi connectivity index (χ2n) is 2.25. The summed E-state index contributed by atoms with van der Waals surface area (Å²) in [5, 5.41) is 0. The molecule has 2 heteroatoms. The molecule has 0 N–H and O–H groups in total. The Morgan fingerprint density at radius 3 is 2.78 bits per heavy atom. The van der Waals surface area contributed by atoms with Crippen LogP contribution in [0.5, 0.6) is 0 Å². The van der Waals surface area contributed by atoms with E-state index in [1.807, 2.05) is 6.07 Å². The molecule has 0 spiro atoms. The van der Waals surface area contributed by atoms with Crippen LogP contribution in [0.1, 0.15) is 5.56 Å². The number of benzene rings is 1.